The first-order valence-corrected chi connectivity index (χ1v) is 9.72. The Morgan fingerprint density at radius 1 is 1.21 bits per heavy atom. The largest absolute Gasteiger partial charge is 0.459 e. The lowest BCUT2D eigenvalue weighted by Crippen LogP contribution is -2.31. The van der Waals surface area contributed by atoms with Gasteiger partial charge in [0.1, 0.15) is 11.3 Å². The van der Waals surface area contributed by atoms with Gasteiger partial charge in [0.25, 0.3) is 11.6 Å². The van der Waals surface area contributed by atoms with Crippen LogP contribution in [0.4, 0.5) is 5.69 Å². The molecule has 1 heterocycles. The molecule has 1 N–H and O–H groups in total. The van der Waals surface area contributed by atoms with Gasteiger partial charge in [-0.3, -0.25) is 19.7 Å². The van der Waals surface area contributed by atoms with Crippen molar-refractivity contribution in [2.45, 2.75) is 17.9 Å². The number of nitro groups is 1. The summed E-state index contributed by atoms with van der Waals surface area (Å²) in [5, 5.41) is 14.6. The van der Waals surface area contributed by atoms with E-state index in [9.17, 15) is 19.7 Å². The Balaban J connectivity index is 1.46. The van der Waals surface area contributed by atoms with Crippen LogP contribution >= 0.6 is 11.8 Å². The fourth-order valence-corrected chi connectivity index (χ4v) is 3.45. The van der Waals surface area contributed by atoms with Gasteiger partial charge in [-0.25, -0.2) is 0 Å². The number of thioether (sulfide) groups is 1. The molecule has 0 saturated carbocycles. The molecule has 1 amide bonds. The van der Waals surface area contributed by atoms with E-state index in [0.29, 0.717) is 10.7 Å². The number of nitrogens with one attached hydrogen (secondary N) is 1. The topological polar surface area (TPSA) is 112 Å². The summed E-state index contributed by atoms with van der Waals surface area (Å²) in [4.78, 5) is 34.7. The first-order chi connectivity index (χ1) is 13.9. The van der Waals surface area contributed by atoms with Gasteiger partial charge in [0, 0.05) is 11.5 Å². The number of rotatable bonds is 8. The molecule has 9 heteroatoms. The number of nitro benzene ring substituents is 1. The predicted molar refractivity (Wildman–Crippen MR) is 108 cm³/mol. The number of carbonyl (C=O) groups is 2. The number of hydrogen-bond donors (Lipinski definition) is 1. The molecule has 3 rings (SSSR count). The molecule has 29 heavy (non-hydrogen) atoms. The van der Waals surface area contributed by atoms with Gasteiger partial charge in [-0.2, -0.15) is 0 Å². The fourth-order valence-electron chi connectivity index (χ4n) is 2.62. The lowest BCUT2D eigenvalue weighted by atomic mass is 10.2. The maximum atomic E-state index is 12.0. The molecule has 2 aromatic carbocycles. The highest BCUT2D eigenvalue weighted by atomic mass is 32.2. The summed E-state index contributed by atoms with van der Waals surface area (Å²) in [5.41, 5.74) is 0.643. The second-order valence-electron chi connectivity index (χ2n) is 6.15. The number of fused-ring (bicyclic) bond motifs is 1. The number of ether oxygens (including phenoxy) is 1. The second-order valence-corrected chi connectivity index (χ2v) is 7.17. The molecule has 0 aliphatic rings. The Bertz CT molecular complexity index is 1020. The predicted octanol–water partition coefficient (Wildman–Crippen LogP) is 3.85. The molecule has 0 aliphatic heterocycles. The average Bonchev–Trinajstić information content (AvgIpc) is 3.15. The third-order valence-corrected chi connectivity index (χ3v) is 5.06. The van der Waals surface area contributed by atoms with E-state index in [2.05, 4.69) is 5.32 Å². The summed E-state index contributed by atoms with van der Waals surface area (Å²) in [5.74, 6) is -0.656. The van der Waals surface area contributed by atoms with Crippen molar-refractivity contribution in [3.63, 3.8) is 0 Å². The minimum atomic E-state index is -0.639. The molecule has 0 saturated heterocycles. The van der Waals surface area contributed by atoms with Gasteiger partial charge in [0.05, 0.1) is 21.6 Å². The van der Waals surface area contributed by atoms with Crippen molar-refractivity contribution < 1.29 is 23.7 Å². The van der Waals surface area contributed by atoms with Crippen molar-refractivity contribution in [2.24, 2.45) is 0 Å². The summed E-state index contributed by atoms with van der Waals surface area (Å²) < 4.78 is 10.6. The Morgan fingerprint density at radius 3 is 2.69 bits per heavy atom. The molecule has 150 valence electrons. The van der Waals surface area contributed by atoms with Crippen LogP contribution in [0.3, 0.4) is 0 Å². The highest BCUT2D eigenvalue weighted by Crippen LogP contribution is 2.28. The van der Waals surface area contributed by atoms with Crippen molar-refractivity contribution >= 4 is 40.3 Å². The number of para-hydroxylation sites is 2. The highest BCUT2D eigenvalue weighted by molar-refractivity contribution is 8.00. The van der Waals surface area contributed by atoms with Gasteiger partial charge in [0.15, 0.2) is 6.61 Å². The third kappa shape index (κ3) is 5.35. The molecule has 1 atom stereocenters. The molecule has 0 spiro atoms. The third-order valence-electron chi connectivity index (χ3n) is 4.02. The molecule has 0 fully saturated rings. The number of hydrogen-bond acceptors (Lipinski definition) is 7. The van der Waals surface area contributed by atoms with Gasteiger partial charge >= 0.3 is 5.97 Å². The number of amides is 1. The van der Waals surface area contributed by atoms with E-state index in [-0.39, 0.29) is 11.4 Å². The number of furan rings is 1. The zero-order valence-corrected chi connectivity index (χ0v) is 16.3. The van der Waals surface area contributed by atoms with E-state index >= 15 is 0 Å². The number of carbonyl (C=O) groups excluding carboxylic acids is 2. The molecular weight excluding hydrogens is 396 g/mol. The maximum Gasteiger partial charge on any atom is 0.316 e. The lowest BCUT2D eigenvalue weighted by molar-refractivity contribution is -0.387. The van der Waals surface area contributed by atoms with Crippen LogP contribution in [0.25, 0.3) is 11.0 Å². The number of esters is 1. The minimum absolute atomic E-state index is 0.0808. The smallest absolute Gasteiger partial charge is 0.316 e. The molecule has 0 unspecified atom stereocenters. The Morgan fingerprint density at radius 2 is 1.93 bits per heavy atom. The van der Waals surface area contributed by atoms with Gasteiger partial charge in [-0.05, 0) is 25.1 Å². The quantitative estimate of drug-likeness (QED) is 0.258. The Kier molecular flexibility index (Phi) is 6.50. The van der Waals surface area contributed by atoms with Crippen molar-refractivity contribution in [3.8, 4) is 0 Å². The normalized spacial score (nSPS) is 11.8. The van der Waals surface area contributed by atoms with E-state index in [4.69, 9.17) is 9.15 Å². The van der Waals surface area contributed by atoms with Crippen LogP contribution in [0.2, 0.25) is 0 Å². The van der Waals surface area contributed by atoms with E-state index < -0.39 is 29.4 Å². The van der Waals surface area contributed by atoms with E-state index in [1.807, 2.05) is 30.3 Å². The summed E-state index contributed by atoms with van der Waals surface area (Å²) in [7, 11) is 0. The molecule has 3 aromatic rings. The SMILES string of the molecule is C[C@H](NC(=O)COC(=O)CSc1ccccc1[N+](=O)[O-])c1cc2ccccc2o1. The van der Waals surface area contributed by atoms with Crippen LogP contribution < -0.4 is 5.32 Å². The fraction of sp³-hybridized carbons (Fsp3) is 0.200. The molecule has 0 aliphatic carbocycles. The highest BCUT2D eigenvalue weighted by Gasteiger charge is 2.17. The monoisotopic (exact) mass is 414 g/mol. The molecule has 1 aromatic heterocycles. The Labute approximate surface area is 170 Å². The molecule has 0 bridgehead atoms. The van der Waals surface area contributed by atoms with E-state index in [1.54, 1.807) is 25.1 Å². The van der Waals surface area contributed by atoms with Crippen LogP contribution in [-0.4, -0.2) is 29.2 Å². The van der Waals surface area contributed by atoms with Crippen molar-refractivity contribution in [2.75, 3.05) is 12.4 Å². The summed E-state index contributed by atoms with van der Waals surface area (Å²) in [6, 6.07) is 15.1. The maximum absolute atomic E-state index is 12.0. The average molecular weight is 414 g/mol. The van der Waals surface area contributed by atoms with E-state index in [1.165, 1.54) is 6.07 Å². The van der Waals surface area contributed by atoms with Gasteiger partial charge in [-0.1, -0.05) is 30.3 Å². The van der Waals surface area contributed by atoms with Crippen LogP contribution in [0, 0.1) is 10.1 Å². The van der Waals surface area contributed by atoms with Crippen LogP contribution in [-0.2, 0) is 14.3 Å². The first kappa shape index (κ1) is 20.4. The number of nitrogens with zero attached hydrogens (tertiary/aromatic N) is 1. The zero-order chi connectivity index (χ0) is 20.8. The standard InChI is InChI=1S/C20H18N2O6S/c1-13(17-10-14-6-2-4-8-16(14)28-17)21-19(23)11-27-20(24)12-29-18-9-5-3-7-15(18)22(25)26/h2-10,13H,11-12H2,1H3,(H,21,23)/t13-/m0/s1. The van der Waals surface area contributed by atoms with E-state index in [0.717, 1.165) is 22.7 Å². The molecule has 0 radical (unpaired) electrons. The zero-order valence-electron chi connectivity index (χ0n) is 15.5. The second kappa shape index (κ2) is 9.24. The molecule has 8 nitrogen and oxygen atoms in total. The van der Waals surface area contributed by atoms with Gasteiger partial charge in [0.2, 0.25) is 0 Å². The summed E-state index contributed by atoms with van der Waals surface area (Å²) in [6.45, 7) is 1.32. The van der Waals surface area contributed by atoms with Crippen molar-refractivity contribution in [1.29, 1.82) is 0 Å². The van der Waals surface area contributed by atoms with Crippen molar-refractivity contribution in [1.82, 2.24) is 5.32 Å². The number of benzene rings is 2. The van der Waals surface area contributed by atoms with Crippen molar-refractivity contribution in [3.05, 3.63) is 70.5 Å². The van der Waals surface area contributed by atoms with Gasteiger partial charge < -0.3 is 14.5 Å². The van der Waals surface area contributed by atoms with Crippen LogP contribution in [0.15, 0.2) is 63.9 Å². The van der Waals surface area contributed by atoms with Crippen LogP contribution in [0.5, 0.6) is 0 Å². The minimum Gasteiger partial charge on any atom is -0.459 e. The summed E-state index contributed by atoms with van der Waals surface area (Å²) >= 11 is 0.985. The Hall–Kier alpha value is -3.33. The molecular formula is C20H18N2O6S. The summed E-state index contributed by atoms with van der Waals surface area (Å²) in [6.07, 6.45) is 0. The first-order valence-electron chi connectivity index (χ1n) is 8.73. The van der Waals surface area contributed by atoms with Crippen LogP contribution in [0.1, 0.15) is 18.7 Å². The lowest BCUT2D eigenvalue weighted by Gasteiger charge is -2.11. The van der Waals surface area contributed by atoms with Gasteiger partial charge in [-0.15, -0.1) is 11.8 Å².